The Morgan fingerprint density at radius 1 is 1.45 bits per heavy atom. The molecule has 3 aromatic rings. The topological polar surface area (TPSA) is 117 Å². The molecule has 29 heavy (non-hydrogen) atoms. The minimum absolute atomic E-state index is 0.213. The molecule has 0 saturated carbocycles. The molecule has 3 aromatic heterocycles. The maximum atomic E-state index is 14.6. The van der Waals surface area contributed by atoms with E-state index in [9.17, 15) is 9.18 Å². The van der Waals surface area contributed by atoms with Gasteiger partial charge in [-0.05, 0) is 19.4 Å². The number of aromatic nitrogens is 6. The van der Waals surface area contributed by atoms with Gasteiger partial charge in [-0.25, -0.2) is 4.39 Å². The van der Waals surface area contributed by atoms with Gasteiger partial charge in [-0.3, -0.25) is 14.6 Å². The SMILES string of the molecule is C=CC(=O)N1CC[C@@H](F)[C@@H](Nc2nc(Nc3cnn(CC)c3)nc3[nH]ncc23)C1. The van der Waals surface area contributed by atoms with Crippen LogP contribution in [0.1, 0.15) is 13.3 Å². The van der Waals surface area contributed by atoms with Crippen LogP contribution in [-0.4, -0.2) is 66.1 Å². The summed E-state index contributed by atoms with van der Waals surface area (Å²) in [6.45, 7) is 6.83. The number of aryl methyl sites for hydroxylation is 1. The van der Waals surface area contributed by atoms with Gasteiger partial charge in [0.25, 0.3) is 0 Å². The first kappa shape index (κ1) is 18.8. The van der Waals surface area contributed by atoms with Crippen LogP contribution >= 0.6 is 0 Å². The Kier molecular flexibility index (Phi) is 5.10. The van der Waals surface area contributed by atoms with Crippen LogP contribution in [0.25, 0.3) is 11.0 Å². The van der Waals surface area contributed by atoms with Crippen LogP contribution in [-0.2, 0) is 11.3 Å². The summed E-state index contributed by atoms with van der Waals surface area (Å²) in [5.41, 5.74) is 1.25. The van der Waals surface area contributed by atoms with Crippen molar-refractivity contribution in [1.82, 2.24) is 34.8 Å². The van der Waals surface area contributed by atoms with Crippen molar-refractivity contribution in [3.8, 4) is 0 Å². The number of aromatic amines is 1. The van der Waals surface area contributed by atoms with Crippen LogP contribution in [0.15, 0.2) is 31.2 Å². The van der Waals surface area contributed by atoms with Crippen molar-refractivity contribution in [3.05, 3.63) is 31.2 Å². The summed E-state index contributed by atoms with van der Waals surface area (Å²) < 4.78 is 16.3. The minimum Gasteiger partial charge on any atom is -0.362 e. The molecule has 152 valence electrons. The number of piperidine rings is 1. The molecule has 0 aromatic carbocycles. The van der Waals surface area contributed by atoms with Gasteiger partial charge < -0.3 is 15.5 Å². The number of anilines is 3. The minimum atomic E-state index is -1.11. The van der Waals surface area contributed by atoms with Gasteiger partial charge in [0.15, 0.2) is 5.65 Å². The van der Waals surface area contributed by atoms with Crippen LogP contribution in [0.4, 0.5) is 21.8 Å². The fraction of sp³-hybridized carbons (Fsp3) is 0.389. The quantitative estimate of drug-likeness (QED) is 0.542. The van der Waals surface area contributed by atoms with Crippen LogP contribution < -0.4 is 10.6 Å². The van der Waals surface area contributed by atoms with Crippen molar-refractivity contribution >= 4 is 34.4 Å². The molecule has 10 nitrogen and oxygen atoms in total. The molecule has 1 fully saturated rings. The first-order chi connectivity index (χ1) is 14.1. The van der Waals surface area contributed by atoms with Gasteiger partial charge in [0.05, 0.1) is 29.5 Å². The van der Waals surface area contributed by atoms with Gasteiger partial charge in [-0.1, -0.05) is 6.58 Å². The van der Waals surface area contributed by atoms with E-state index in [2.05, 4.69) is 42.5 Å². The number of rotatable bonds is 6. The third-order valence-corrected chi connectivity index (χ3v) is 4.86. The number of alkyl halides is 1. The monoisotopic (exact) mass is 399 g/mol. The average molecular weight is 399 g/mol. The molecule has 2 atom stereocenters. The zero-order valence-corrected chi connectivity index (χ0v) is 16.0. The van der Waals surface area contributed by atoms with Gasteiger partial charge in [-0.2, -0.15) is 20.2 Å². The predicted molar refractivity (Wildman–Crippen MR) is 107 cm³/mol. The molecule has 0 spiro atoms. The first-order valence-electron chi connectivity index (χ1n) is 9.40. The Morgan fingerprint density at radius 3 is 3.07 bits per heavy atom. The normalized spacial score (nSPS) is 19.3. The van der Waals surface area contributed by atoms with E-state index in [1.807, 2.05) is 13.1 Å². The van der Waals surface area contributed by atoms with Crippen molar-refractivity contribution in [2.75, 3.05) is 23.7 Å². The number of hydrogen-bond donors (Lipinski definition) is 3. The number of hydrogen-bond acceptors (Lipinski definition) is 7. The van der Waals surface area contributed by atoms with E-state index in [4.69, 9.17) is 0 Å². The van der Waals surface area contributed by atoms with Gasteiger partial charge >= 0.3 is 0 Å². The maximum absolute atomic E-state index is 14.6. The molecule has 3 N–H and O–H groups in total. The highest BCUT2D eigenvalue weighted by molar-refractivity contribution is 5.88. The Morgan fingerprint density at radius 2 is 2.31 bits per heavy atom. The molecule has 11 heteroatoms. The van der Waals surface area contributed by atoms with Crippen molar-refractivity contribution < 1.29 is 9.18 Å². The summed E-state index contributed by atoms with van der Waals surface area (Å²) in [6.07, 6.45) is 5.48. The molecule has 0 unspecified atom stereocenters. The second-order valence-electron chi connectivity index (χ2n) is 6.78. The van der Waals surface area contributed by atoms with E-state index in [0.29, 0.717) is 29.3 Å². The highest BCUT2D eigenvalue weighted by Crippen LogP contribution is 2.25. The molecule has 4 rings (SSSR count). The molecule has 4 heterocycles. The smallest absolute Gasteiger partial charge is 0.246 e. The molecule has 0 radical (unpaired) electrons. The highest BCUT2D eigenvalue weighted by Gasteiger charge is 2.31. The van der Waals surface area contributed by atoms with E-state index < -0.39 is 12.2 Å². The van der Waals surface area contributed by atoms with Crippen molar-refractivity contribution in [2.45, 2.75) is 32.1 Å². The number of nitrogens with zero attached hydrogens (tertiary/aromatic N) is 6. The Labute approximate surface area is 166 Å². The molecular weight excluding hydrogens is 377 g/mol. The summed E-state index contributed by atoms with van der Waals surface area (Å²) in [7, 11) is 0. The van der Waals surface area contributed by atoms with E-state index in [1.165, 1.54) is 6.08 Å². The highest BCUT2D eigenvalue weighted by atomic mass is 19.1. The third-order valence-electron chi connectivity index (χ3n) is 4.86. The third kappa shape index (κ3) is 3.89. The second-order valence-corrected chi connectivity index (χ2v) is 6.78. The molecule has 1 aliphatic rings. The number of nitrogens with one attached hydrogen (secondary N) is 3. The van der Waals surface area contributed by atoms with Crippen molar-refractivity contribution in [1.29, 1.82) is 0 Å². The number of halogens is 1. The zero-order chi connectivity index (χ0) is 20.4. The molecule has 1 amide bonds. The van der Waals surface area contributed by atoms with Crippen molar-refractivity contribution in [2.24, 2.45) is 0 Å². The average Bonchev–Trinajstić information content (AvgIpc) is 3.38. The Balaban J connectivity index is 1.59. The summed E-state index contributed by atoms with van der Waals surface area (Å²) >= 11 is 0. The van der Waals surface area contributed by atoms with Crippen molar-refractivity contribution in [3.63, 3.8) is 0 Å². The summed E-state index contributed by atoms with van der Waals surface area (Å²) in [4.78, 5) is 22.4. The van der Waals surface area contributed by atoms with Crippen LogP contribution in [0, 0.1) is 0 Å². The van der Waals surface area contributed by atoms with Gasteiger partial charge in [0.1, 0.15) is 12.0 Å². The van der Waals surface area contributed by atoms with Gasteiger partial charge in [0.2, 0.25) is 11.9 Å². The van der Waals surface area contributed by atoms with E-state index >= 15 is 0 Å². The summed E-state index contributed by atoms with van der Waals surface area (Å²) in [5.74, 6) is 0.551. The van der Waals surface area contributed by atoms with E-state index in [-0.39, 0.29) is 18.9 Å². The van der Waals surface area contributed by atoms with Crippen LogP contribution in [0.3, 0.4) is 0 Å². The van der Waals surface area contributed by atoms with E-state index in [0.717, 1.165) is 12.2 Å². The lowest BCUT2D eigenvalue weighted by atomic mass is 10.0. The Bertz CT molecular complexity index is 1030. The second kappa shape index (κ2) is 7.86. The fourth-order valence-corrected chi connectivity index (χ4v) is 3.30. The predicted octanol–water partition coefficient (Wildman–Crippen LogP) is 1.85. The van der Waals surface area contributed by atoms with Gasteiger partial charge in [-0.15, -0.1) is 0 Å². The molecular formula is C18H22FN9O. The number of amides is 1. The number of carbonyl (C=O) groups excluding carboxylic acids is 1. The number of fused-ring (bicyclic) bond motifs is 1. The fourth-order valence-electron chi connectivity index (χ4n) is 3.30. The van der Waals surface area contributed by atoms with E-state index in [1.54, 1.807) is 22.0 Å². The number of carbonyl (C=O) groups is 1. The maximum Gasteiger partial charge on any atom is 0.246 e. The zero-order valence-electron chi connectivity index (χ0n) is 16.0. The summed E-state index contributed by atoms with van der Waals surface area (Å²) in [5, 5.41) is 17.9. The molecule has 0 bridgehead atoms. The number of H-pyrrole nitrogens is 1. The molecule has 1 aliphatic heterocycles. The summed E-state index contributed by atoms with van der Waals surface area (Å²) in [6, 6.07) is -0.601. The molecule has 0 aliphatic carbocycles. The largest absolute Gasteiger partial charge is 0.362 e. The lowest BCUT2D eigenvalue weighted by molar-refractivity contribution is -0.127. The standard InChI is InChI=1S/C18H22FN9O/c1-3-15(29)27-6-5-13(19)14(10-27)23-16-12-8-20-26-17(12)25-18(24-16)22-11-7-21-28(4-2)9-11/h3,7-9,13-14H,1,4-6,10H2,2H3,(H3,20,22,23,24,25,26)/t13-,14+/m1/s1. The Hall–Kier alpha value is -3.50. The van der Waals surface area contributed by atoms with Crippen LogP contribution in [0.2, 0.25) is 0 Å². The van der Waals surface area contributed by atoms with Crippen LogP contribution in [0.5, 0.6) is 0 Å². The molecule has 1 saturated heterocycles. The lowest BCUT2D eigenvalue weighted by Gasteiger charge is -2.35. The number of likely N-dealkylation sites (tertiary alicyclic amines) is 1. The first-order valence-corrected chi connectivity index (χ1v) is 9.40. The van der Waals surface area contributed by atoms with Gasteiger partial charge in [0, 0.05) is 25.8 Å². The lowest BCUT2D eigenvalue weighted by Crippen LogP contribution is -2.50.